The SMILES string of the molecule is CC(C)(CCCBr)CNC(=O)c1ccccc1O. The molecule has 0 unspecified atom stereocenters. The van der Waals surface area contributed by atoms with Gasteiger partial charge in [-0.05, 0) is 30.4 Å². The normalized spacial score (nSPS) is 11.3. The largest absolute Gasteiger partial charge is 0.507 e. The second-order valence-corrected chi connectivity index (χ2v) is 5.95. The van der Waals surface area contributed by atoms with Crippen LogP contribution in [0.25, 0.3) is 0 Å². The fraction of sp³-hybridized carbons (Fsp3) is 0.500. The second-order valence-electron chi connectivity index (χ2n) is 5.16. The third-order valence-electron chi connectivity index (χ3n) is 2.86. The van der Waals surface area contributed by atoms with Gasteiger partial charge < -0.3 is 10.4 Å². The molecule has 1 amide bonds. The Kier molecular flexibility index (Phi) is 5.66. The van der Waals surface area contributed by atoms with Crippen molar-refractivity contribution in [2.45, 2.75) is 26.7 Å². The van der Waals surface area contributed by atoms with Gasteiger partial charge in [0.1, 0.15) is 5.75 Å². The highest BCUT2D eigenvalue weighted by molar-refractivity contribution is 9.09. The highest BCUT2D eigenvalue weighted by Gasteiger charge is 2.19. The molecule has 0 aromatic heterocycles. The summed E-state index contributed by atoms with van der Waals surface area (Å²) in [6, 6.07) is 6.58. The van der Waals surface area contributed by atoms with Gasteiger partial charge in [-0.25, -0.2) is 0 Å². The quantitative estimate of drug-likeness (QED) is 0.791. The molecule has 0 heterocycles. The van der Waals surface area contributed by atoms with Crippen molar-refractivity contribution < 1.29 is 9.90 Å². The Morgan fingerprint density at radius 3 is 2.67 bits per heavy atom. The number of hydrogen-bond acceptors (Lipinski definition) is 2. The van der Waals surface area contributed by atoms with Crippen LogP contribution in [0.1, 0.15) is 37.0 Å². The van der Waals surface area contributed by atoms with Gasteiger partial charge in [0.15, 0.2) is 0 Å². The summed E-state index contributed by atoms with van der Waals surface area (Å²) in [6.45, 7) is 4.86. The molecule has 2 N–H and O–H groups in total. The van der Waals surface area contributed by atoms with E-state index in [1.54, 1.807) is 18.2 Å². The maximum absolute atomic E-state index is 11.9. The lowest BCUT2D eigenvalue weighted by Gasteiger charge is -2.24. The van der Waals surface area contributed by atoms with Crippen LogP contribution in [0.4, 0.5) is 0 Å². The van der Waals surface area contributed by atoms with Crippen molar-refractivity contribution in [3.05, 3.63) is 29.8 Å². The van der Waals surface area contributed by atoms with Crippen LogP contribution in [0.3, 0.4) is 0 Å². The first-order chi connectivity index (χ1) is 8.46. The summed E-state index contributed by atoms with van der Waals surface area (Å²) < 4.78 is 0. The van der Waals surface area contributed by atoms with Gasteiger partial charge in [-0.15, -0.1) is 0 Å². The van der Waals surface area contributed by atoms with E-state index < -0.39 is 0 Å². The molecular weight excluding hydrogens is 294 g/mol. The lowest BCUT2D eigenvalue weighted by molar-refractivity contribution is 0.0932. The van der Waals surface area contributed by atoms with Crippen molar-refractivity contribution in [2.24, 2.45) is 5.41 Å². The molecule has 18 heavy (non-hydrogen) atoms. The topological polar surface area (TPSA) is 49.3 Å². The smallest absolute Gasteiger partial charge is 0.255 e. The van der Waals surface area contributed by atoms with E-state index in [-0.39, 0.29) is 17.1 Å². The van der Waals surface area contributed by atoms with Crippen LogP contribution >= 0.6 is 15.9 Å². The number of carbonyl (C=O) groups excluding carboxylic acids is 1. The zero-order valence-corrected chi connectivity index (χ0v) is 12.5. The summed E-state index contributed by atoms with van der Waals surface area (Å²) in [6.07, 6.45) is 2.12. The number of hydrogen-bond donors (Lipinski definition) is 2. The molecule has 0 bridgehead atoms. The maximum Gasteiger partial charge on any atom is 0.255 e. The van der Waals surface area contributed by atoms with Crippen molar-refractivity contribution in [3.63, 3.8) is 0 Å². The number of halogens is 1. The third-order valence-corrected chi connectivity index (χ3v) is 3.42. The summed E-state index contributed by atoms with van der Waals surface area (Å²) in [7, 11) is 0. The van der Waals surface area contributed by atoms with Crippen LogP contribution in [0.15, 0.2) is 24.3 Å². The van der Waals surface area contributed by atoms with Gasteiger partial charge in [-0.3, -0.25) is 4.79 Å². The zero-order chi connectivity index (χ0) is 13.6. The highest BCUT2D eigenvalue weighted by Crippen LogP contribution is 2.22. The standard InChI is InChI=1S/C14H20BrNO2/c1-14(2,8-5-9-15)10-16-13(18)11-6-3-4-7-12(11)17/h3-4,6-7,17H,5,8-10H2,1-2H3,(H,16,18). The molecule has 0 spiro atoms. The first-order valence-electron chi connectivity index (χ1n) is 6.08. The van der Waals surface area contributed by atoms with E-state index in [0.717, 1.165) is 18.2 Å². The average Bonchev–Trinajstić information content (AvgIpc) is 2.34. The second kappa shape index (κ2) is 6.78. The number of carbonyl (C=O) groups is 1. The molecule has 1 aromatic carbocycles. The summed E-state index contributed by atoms with van der Waals surface area (Å²) in [5.41, 5.74) is 0.391. The number of alkyl halides is 1. The molecule has 0 aliphatic heterocycles. The number of aromatic hydroxyl groups is 1. The van der Waals surface area contributed by atoms with Crippen molar-refractivity contribution in [2.75, 3.05) is 11.9 Å². The molecule has 0 radical (unpaired) electrons. The number of nitrogens with one attached hydrogen (secondary N) is 1. The molecule has 3 nitrogen and oxygen atoms in total. The maximum atomic E-state index is 11.9. The summed E-state index contributed by atoms with van der Waals surface area (Å²) >= 11 is 3.41. The van der Waals surface area contributed by atoms with Gasteiger partial charge in [0.2, 0.25) is 0 Å². The monoisotopic (exact) mass is 313 g/mol. The Balaban J connectivity index is 2.54. The minimum atomic E-state index is -0.222. The van der Waals surface area contributed by atoms with E-state index in [1.807, 2.05) is 0 Å². The number of para-hydroxylation sites is 1. The number of rotatable bonds is 6. The van der Waals surface area contributed by atoms with Gasteiger partial charge in [-0.2, -0.15) is 0 Å². The van der Waals surface area contributed by atoms with Gasteiger partial charge in [-0.1, -0.05) is 41.9 Å². The summed E-state index contributed by atoms with van der Waals surface area (Å²) in [5.74, 6) is -0.201. The van der Waals surface area contributed by atoms with Crippen LogP contribution < -0.4 is 5.32 Å². The van der Waals surface area contributed by atoms with Crippen LogP contribution in [0, 0.1) is 5.41 Å². The first kappa shape index (κ1) is 15.0. The molecule has 0 saturated carbocycles. The Morgan fingerprint density at radius 1 is 1.39 bits per heavy atom. The molecular formula is C14H20BrNO2. The van der Waals surface area contributed by atoms with Crippen molar-refractivity contribution in [3.8, 4) is 5.75 Å². The first-order valence-corrected chi connectivity index (χ1v) is 7.20. The number of phenols is 1. The third kappa shape index (κ3) is 4.69. The van der Waals surface area contributed by atoms with Crippen LogP contribution in [0.5, 0.6) is 5.75 Å². The van der Waals surface area contributed by atoms with E-state index in [9.17, 15) is 9.90 Å². The lowest BCUT2D eigenvalue weighted by Crippen LogP contribution is -2.34. The van der Waals surface area contributed by atoms with Crippen molar-refractivity contribution in [1.82, 2.24) is 5.32 Å². The highest BCUT2D eigenvalue weighted by atomic mass is 79.9. The molecule has 0 aliphatic carbocycles. The molecule has 100 valence electrons. The van der Waals surface area contributed by atoms with E-state index in [0.29, 0.717) is 12.1 Å². The van der Waals surface area contributed by atoms with Crippen LogP contribution in [0.2, 0.25) is 0 Å². The molecule has 0 fully saturated rings. The van der Waals surface area contributed by atoms with Gasteiger partial charge >= 0.3 is 0 Å². The van der Waals surface area contributed by atoms with Gasteiger partial charge in [0.05, 0.1) is 5.56 Å². The van der Waals surface area contributed by atoms with E-state index in [2.05, 4.69) is 35.1 Å². The summed E-state index contributed by atoms with van der Waals surface area (Å²) in [4.78, 5) is 11.9. The summed E-state index contributed by atoms with van der Waals surface area (Å²) in [5, 5.41) is 13.4. The predicted octanol–water partition coefficient (Wildman–Crippen LogP) is 3.32. The van der Waals surface area contributed by atoms with Crippen LogP contribution in [-0.4, -0.2) is 22.9 Å². The predicted molar refractivity (Wildman–Crippen MR) is 77.2 cm³/mol. The van der Waals surface area contributed by atoms with Gasteiger partial charge in [0, 0.05) is 11.9 Å². The Labute approximate surface area is 117 Å². The number of amides is 1. The molecule has 0 atom stereocenters. The molecule has 4 heteroatoms. The van der Waals surface area contributed by atoms with Crippen LogP contribution in [-0.2, 0) is 0 Å². The minimum Gasteiger partial charge on any atom is -0.507 e. The molecule has 0 aliphatic rings. The van der Waals surface area contributed by atoms with Crippen molar-refractivity contribution in [1.29, 1.82) is 0 Å². The number of phenolic OH excluding ortho intramolecular Hbond substituents is 1. The molecule has 1 aromatic rings. The fourth-order valence-electron chi connectivity index (χ4n) is 1.71. The Bertz CT molecular complexity index is 405. The van der Waals surface area contributed by atoms with E-state index in [4.69, 9.17) is 0 Å². The fourth-order valence-corrected chi connectivity index (χ4v) is 1.99. The van der Waals surface area contributed by atoms with E-state index >= 15 is 0 Å². The Morgan fingerprint density at radius 2 is 2.06 bits per heavy atom. The molecule has 0 saturated heterocycles. The zero-order valence-electron chi connectivity index (χ0n) is 10.9. The van der Waals surface area contributed by atoms with Crippen molar-refractivity contribution >= 4 is 21.8 Å². The average molecular weight is 314 g/mol. The Hall–Kier alpha value is -1.03. The van der Waals surface area contributed by atoms with E-state index in [1.165, 1.54) is 6.07 Å². The lowest BCUT2D eigenvalue weighted by atomic mass is 9.88. The molecule has 1 rings (SSSR count). The number of benzene rings is 1. The minimum absolute atomic E-state index is 0.0215. The van der Waals surface area contributed by atoms with Gasteiger partial charge in [0.25, 0.3) is 5.91 Å².